The normalized spacial score (nSPS) is 19.9. The van der Waals surface area contributed by atoms with Gasteiger partial charge < -0.3 is 15.5 Å². The highest BCUT2D eigenvalue weighted by Gasteiger charge is 2.30. The molecule has 2 N–H and O–H groups in total. The van der Waals surface area contributed by atoms with Gasteiger partial charge in [0, 0.05) is 50.0 Å². The third kappa shape index (κ3) is 2.73. The summed E-state index contributed by atoms with van der Waals surface area (Å²) in [6.07, 6.45) is 3.59. The number of anilines is 1. The zero-order chi connectivity index (χ0) is 20.1. The number of amides is 1. The monoisotopic (exact) mass is 388 g/mol. The minimum absolute atomic E-state index is 0.000564. The highest BCUT2D eigenvalue weighted by atomic mass is 16.2. The van der Waals surface area contributed by atoms with Gasteiger partial charge in [0.1, 0.15) is 5.56 Å². The molecule has 4 heterocycles. The van der Waals surface area contributed by atoms with Crippen LogP contribution in [0, 0.1) is 0 Å². The van der Waals surface area contributed by atoms with E-state index >= 15 is 0 Å². The number of rotatable bonds is 2. The summed E-state index contributed by atoms with van der Waals surface area (Å²) in [5, 5.41) is 7.66. The first-order chi connectivity index (χ1) is 14.1. The first-order valence-corrected chi connectivity index (χ1v) is 9.98. The van der Waals surface area contributed by atoms with E-state index in [0.29, 0.717) is 24.3 Å². The Morgan fingerprint density at radius 3 is 2.66 bits per heavy atom. The van der Waals surface area contributed by atoms with Gasteiger partial charge in [-0.2, -0.15) is 0 Å². The minimum Gasteiger partial charge on any atom is -0.387 e. The Balaban J connectivity index is 1.85. The number of carbonyl (C=O) groups excluding carboxylic acids is 1. The summed E-state index contributed by atoms with van der Waals surface area (Å²) in [4.78, 5) is 24.9. The number of para-hydroxylation sites is 2. The molecular formula is C22H24N6O. The molecule has 5 rings (SSSR count). The molecule has 7 nitrogen and oxygen atoms in total. The van der Waals surface area contributed by atoms with Gasteiger partial charge in [-0.1, -0.05) is 12.1 Å². The lowest BCUT2D eigenvalue weighted by Gasteiger charge is -2.36. The molecule has 0 saturated carbocycles. The molecule has 4 aromatic rings. The van der Waals surface area contributed by atoms with Crippen molar-refractivity contribution in [1.82, 2.24) is 24.6 Å². The van der Waals surface area contributed by atoms with Crippen molar-refractivity contribution in [3.8, 4) is 0 Å². The molecule has 3 aromatic heterocycles. The van der Waals surface area contributed by atoms with Crippen LogP contribution in [0.2, 0.25) is 0 Å². The van der Waals surface area contributed by atoms with Crippen molar-refractivity contribution >= 4 is 39.2 Å². The van der Waals surface area contributed by atoms with E-state index in [2.05, 4.69) is 33.9 Å². The Kier molecular flexibility index (Phi) is 4.13. The van der Waals surface area contributed by atoms with E-state index in [4.69, 9.17) is 4.98 Å². The molecule has 1 saturated heterocycles. The third-order valence-corrected chi connectivity index (χ3v) is 5.65. The molecule has 1 fully saturated rings. The number of benzene rings is 1. The topological polar surface area (TPSA) is 74.6 Å². The number of pyridine rings is 2. The summed E-state index contributed by atoms with van der Waals surface area (Å²) >= 11 is 0. The third-order valence-electron chi connectivity index (χ3n) is 5.65. The van der Waals surface area contributed by atoms with Crippen LogP contribution in [-0.4, -0.2) is 57.4 Å². The van der Waals surface area contributed by atoms with Crippen LogP contribution in [0.15, 0.2) is 42.7 Å². The van der Waals surface area contributed by atoms with E-state index < -0.39 is 0 Å². The average molecular weight is 388 g/mol. The fourth-order valence-corrected chi connectivity index (χ4v) is 4.57. The van der Waals surface area contributed by atoms with Gasteiger partial charge in [0.15, 0.2) is 5.65 Å². The van der Waals surface area contributed by atoms with E-state index in [0.717, 1.165) is 27.6 Å². The van der Waals surface area contributed by atoms with Crippen LogP contribution in [0.3, 0.4) is 0 Å². The van der Waals surface area contributed by atoms with Crippen LogP contribution in [0.5, 0.6) is 0 Å². The van der Waals surface area contributed by atoms with Crippen LogP contribution in [0.4, 0.5) is 5.69 Å². The molecule has 0 unspecified atom stereocenters. The largest absolute Gasteiger partial charge is 0.387 e. The van der Waals surface area contributed by atoms with Gasteiger partial charge in [-0.15, -0.1) is 0 Å². The van der Waals surface area contributed by atoms with Crippen molar-refractivity contribution in [3.63, 3.8) is 0 Å². The Morgan fingerprint density at radius 1 is 1.14 bits per heavy atom. The van der Waals surface area contributed by atoms with E-state index in [1.807, 2.05) is 48.5 Å². The number of nitrogens with one attached hydrogen (secondary N) is 2. The number of fused-ring (bicyclic) bond motifs is 5. The molecular weight excluding hydrogens is 364 g/mol. The lowest BCUT2D eigenvalue weighted by atomic mass is 10.1. The number of aromatic nitrogens is 3. The van der Waals surface area contributed by atoms with E-state index in [9.17, 15) is 4.79 Å². The smallest absolute Gasteiger partial charge is 0.259 e. The second-order valence-corrected chi connectivity index (χ2v) is 7.83. The van der Waals surface area contributed by atoms with Gasteiger partial charge in [-0.05, 0) is 32.0 Å². The van der Waals surface area contributed by atoms with E-state index in [-0.39, 0.29) is 18.0 Å². The maximum atomic E-state index is 13.8. The highest BCUT2D eigenvalue weighted by molar-refractivity contribution is 6.14. The van der Waals surface area contributed by atoms with Crippen LogP contribution in [-0.2, 0) is 0 Å². The lowest BCUT2D eigenvalue weighted by molar-refractivity contribution is 0.0676. The zero-order valence-electron chi connectivity index (χ0n) is 16.8. The SMILES string of the molecule is CNc1c(C(=O)N2C[C@@H](C)N[C@@H](C)C2)c2nc3ccccc3n2c2ccncc12. The highest BCUT2D eigenvalue weighted by Crippen LogP contribution is 2.34. The Morgan fingerprint density at radius 2 is 1.90 bits per heavy atom. The number of carbonyl (C=O) groups is 1. The van der Waals surface area contributed by atoms with Gasteiger partial charge in [-0.3, -0.25) is 14.2 Å². The number of hydrogen-bond acceptors (Lipinski definition) is 5. The summed E-state index contributed by atoms with van der Waals surface area (Å²) in [5.74, 6) is 0.000564. The molecule has 2 atom stereocenters. The van der Waals surface area contributed by atoms with Crippen LogP contribution in [0.1, 0.15) is 24.2 Å². The molecule has 29 heavy (non-hydrogen) atoms. The lowest BCUT2D eigenvalue weighted by Crippen LogP contribution is -2.55. The fourth-order valence-electron chi connectivity index (χ4n) is 4.57. The minimum atomic E-state index is 0.000564. The number of nitrogens with zero attached hydrogens (tertiary/aromatic N) is 4. The molecule has 1 aliphatic rings. The predicted octanol–water partition coefficient (Wildman–Crippen LogP) is 2.90. The quantitative estimate of drug-likeness (QED) is 0.552. The standard InChI is InChI=1S/C22H24N6O/c1-13-11-27(12-14(2)25-13)22(29)19-20(23-3)15-10-24-9-8-17(15)28-18-7-5-4-6-16(18)26-21(19)28/h4-10,13-14,23,25H,11-12H2,1-3H3/t13-,14+. The molecule has 7 heteroatoms. The van der Waals surface area contributed by atoms with Crippen LogP contribution >= 0.6 is 0 Å². The average Bonchev–Trinajstić information content (AvgIpc) is 3.11. The van der Waals surface area contributed by atoms with Crippen LogP contribution in [0.25, 0.3) is 27.6 Å². The summed E-state index contributed by atoms with van der Waals surface area (Å²) in [6.45, 7) is 5.56. The molecule has 1 aliphatic heterocycles. The first kappa shape index (κ1) is 17.9. The Bertz CT molecular complexity index is 1240. The molecule has 0 bridgehead atoms. The molecule has 148 valence electrons. The van der Waals surface area contributed by atoms with Gasteiger partial charge in [0.05, 0.1) is 22.2 Å². The molecule has 1 aromatic carbocycles. The maximum Gasteiger partial charge on any atom is 0.259 e. The maximum absolute atomic E-state index is 13.8. The van der Waals surface area contributed by atoms with Crippen molar-refractivity contribution in [1.29, 1.82) is 0 Å². The first-order valence-electron chi connectivity index (χ1n) is 9.98. The van der Waals surface area contributed by atoms with Crippen molar-refractivity contribution in [2.75, 3.05) is 25.5 Å². The van der Waals surface area contributed by atoms with Crippen molar-refractivity contribution in [3.05, 3.63) is 48.3 Å². The molecule has 1 amide bonds. The summed E-state index contributed by atoms with van der Waals surface area (Å²) in [6, 6.07) is 10.5. The predicted molar refractivity (Wildman–Crippen MR) is 116 cm³/mol. The Labute approximate surface area is 168 Å². The second-order valence-electron chi connectivity index (χ2n) is 7.83. The van der Waals surface area contributed by atoms with Gasteiger partial charge in [0.25, 0.3) is 5.91 Å². The van der Waals surface area contributed by atoms with E-state index in [1.54, 1.807) is 6.20 Å². The molecule has 0 aliphatic carbocycles. The summed E-state index contributed by atoms with van der Waals surface area (Å²) in [7, 11) is 1.85. The van der Waals surface area contributed by atoms with Gasteiger partial charge in [0.2, 0.25) is 0 Å². The van der Waals surface area contributed by atoms with Gasteiger partial charge >= 0.3 is 0 Å². The van der Waals surface area contributed by atoms with E-state index in [1.165, 1.54) is 0 Å². The number of piperazine rings is 1. The number of hydrogen-bond donors (Lipinski definition) is 2. The van der Waals surface area contributed by atoms with Crippen LogP contribution < -0.4 is 10.6 Å². The fraction of sp³-hybridized carbons (Fsp3) is 0.318. The second kappa shape index (κ2) is 6.70. The zero-order valence-corrected chi connectivity index (χ0v) is 16.8. The number of imidazole rings is 1. The van der Waals surface area contributed by atoms with Crippen molar-refractivity contribution < 1.29 is 4.79 Å². The Hall–Kier alpha value is -3.19. The van der Waals surface area contributed by atoms with Gasteiger partial charge in [-0.25, -0.2) is 4.98 Å². The van der Waals surface area contributed by atoms with Crippen molar-refractivity contribution in [2.45, 2.75) is 25.9 Å². The molecule has 0 spiro atoms. The van der Waals surface area contributed by atoms with Crippen molar-refractivity contribution in [2.24, 2.45) is 0 Å². The summed E-state index contributed by atoms with van der Waals surface area (Å²) in [5.41, 5.74) is 4.89. The molecule has 0 radical (unpaired) electrons. The summed E-state index contributed by atoms with van der Waals surface area (Å²) < 4.78 is 2.08.